The highest BCUT2D eigenvalue weighted by Crippen LogP contribution is 2.24. The zero-order chi connectivity index (χ0) is 12.8. The summed E-state index contributed by atoms with van der Waals surface area (Å²) in [6.45, 7) is 15.3. The maximum absolute atomic E-state index is 2.40. The van der Waals surface area contributed by atoms with Crippen LogP contribution in [0, 0.1) is 6.92 Å². The first-order chi connectivity index (χ1) is 8.15. The smallest absolute Gasteiger partial charge is 0.0389 e. The summed E-state index contributed by atoms with van der Waals surface area (Å²) in [5, 5.41) is 0. The Morgan fingerprint density at radius 3 is 1.35 bits per heavy atom. The third-order valence-corrected chi connectivity index (χ3v) is 3.30. The molecule has 2 nitrogen and oxygen atoms in total. The molecule has 0 saturated carbocycles. The van der Waals surface area contributed by atoms with E-state index in [2.05, 4.69) is 62.6 Å². The second kappa shape index (κ2) is 6.53. The van der Waals surface area contributed by atoms with Gasteiger partial charge in [-0.05, 0) is 58.4 Å². The van der Waals surface area contributed by atoms with Crippen molar-refractivity contribution in [3.05, 3.63) is 23.8 Å². The van der Waals surface area contributed by atoms with Crippen molar-refractivity contribution in [2.45, 2.75) is 34.6 Å². The Balaban J connectivity index is 3.08. The van der Waals surface area contributed by atoms with Crippen molar-refractivity contribution < 1.29 is 0 Å². The average molecular weight is 234 g/mol. The summed E-state index contributed by atoms with van der Waals surface area (Å²) in [5.41, 5.74) is 4.03. The Hall–Kier alpha value is -1.18. The van der Waals surface area contributed by atoms with Crippen molar-refractivity contribution in [1.82, 2.24) is 0 Å². The zero-order valence-electron chi connectivity index (χ0n) is 12.0. The highest BCUT2D eigenvalue weighted by atomic mass is 15.1. The molecule has 2 heteroatoms. The Morgan fingerprint density at radius 1 is 0.706 bits per heavy atom. The van der Waals surface area contributed by atoms with Crippen LogP contribution < -0.4 is 9.80 Å². The molecule has 0 saturated heterocycles. The van der Waals surface area contributed by atoms with Gasteiger partial charge in [0.2, 0.25) is 0 Å². The Bertz CT molecular complexity index is 309. The highest BCUT2D eigenvalue weighted by molar-refractivity contribution is 5.61. The number of anilines is 2. The quantitative estimate of drug-likeness (QED) is 0.740. The largest absolute Gasteiger partial charge is 0.372 e. The summed E-state index contributed by atoms with van der Waals surface area (Å²) < 4.78 is 0. The molecule has 0 heterocycles. The van der Waals surface area contributed by atoms with E-state index in [0.717, 1.165) is 26.2 Å². The van der Waals surface area contributed by atoms with Gasteiger partial charge in [-0.1, -0.05) is 0 Å². The number of nitrogens with zero attached hydrogens (tertiary/aromatic N) is 2. The maximum atomic E-state index is 2.40. The highest BCUT2D eigenvalue weighted by Gasteiger charge is 2.07. The van der Waals surface area contributed by atoms with Crippen LogP contribution >= 0.6 is 0 Å². The molecule has 0 bridgehead atoms. The van der Waals surface area contributed by atoms with E-state index in [9.17, 15) is 0 Å². The lowest BCUT2D eigenvalue weighted by atomic mass is 10.1. The predicted molar refractivity (Wildman–Crippen MR) is 78.3 cm³/mol. The lowest BCUT2D eigenvalue weighted by Gasteiger charge is -2.26. The molecule has 0 spiro atoms. The molecular weight excluding hydrogens is 208 g/mol. The fraction of sp³-hybridized carbons (Fsp3) is 0.600. The van der Waals surface area contributed by atoms with E-state index in [1.54, 1.807) is 0 Å². The third-order valence-electron chi connectivity index (χ3n) is 3.30. The molecule has 1 aromatic rings. The molecule has 1 rings (SSSR count). The monoisotopic (exact) mass is 234 g/mol. The van der Waals surface area contributed by atoms with Crippen LogP contribution in [0.2, 0.25) is 0 Å². The second-order valence-corrected chi connectivity index (χ2v) is 4.37. The van der Waals surface area contributed by atoms with Crippen LogP contribution in [-0.4, -0.2) is 26.2 Å². The SMILES string of the molecule is CCN(CC)c1cc(C)cc(N(CC)CC)c1. The molecule has 0 unspecified atom stereocenters. The van der Waals surface area contributed by atoms with Gasteiger partial charge in [-0.3, -0.25) is 0 Å². The van der Waals surface area contributed by atoms with Crippen LogP contribution in [-0.2, 0) is 0 Å². The van der Waals surface area contributed by atoms with E-state index in [0.29, 0.717) is 0 Å². The van der Waals surface area contributed by atoms with Crippen molar-refractivity contribution in [3.8, 4) is 0 Å². The van der Waals surface area contributed by atoms with E-state index in [4.69, 9.17) is 0 Å². The summed E-state index contributed by atoms with van der Waals surface area (Å²) in [4.78, 5) is 4.81. The summed E-state index contributed by atoms with van der Waals surface area (Å²) in [7, 11) is 0. The first-order valence-corrected chi connectivity index (χ1v) is 6.77. The molecule has 0 atom stereocenters. The fourth-order valence-corrected chi connectivity index (χ4v) is 2.29. The van der Waals surface area contributed by atoms with Crippen molar-refractivity contribution in [2.75, 3.05) is 36.0 Å². The van der Waals surface area contributed by atoms with Crippen LogP contribution in [0.1, 0.15) is 33.3 Å². The summed E-state index contributed by atoms with van der Waals surface area (Å²) in [6, 6.07) is 6.87. The van der Waals surface area contributed by atoms with E-state index in [-0.39, 0.29) is 0 Å². The first kappa shape index (κ1) is 13.9. The lowest BCUT2D eigenvalue weighted by Crippen LogP contribution is -2.24. The average Bonchev–Trinajstić information content (AvgIpc) is 2.31. The Labute approximate surface area is 106 Å². The number of aryl methyl sites for hydroxylation is 1. The molecule has 0 radical (unpaired) electrons. The van der Waals surface area contributed by atoms with Gasteiger partial charge >= 0.3 is 0 Å². The maximum Gasteiger partial charge on any atom is 0.0389 e. The normalized spacial score (nSPS) is 10.4. The van der Waals surface area contributed by atoms with Crippen molar-refractivity contribution >= 4 is 11.4 Å². The van der Waals surface area contributed by atoms with Gasteiger partial charge in [0.15, 0.2) is 0 Å². The van der Waals surface area contributed by atoms with Gasteiger partial charge in [0, 0.05) is 37.6 Å². The molecular formula is C15H26N2. The first-order valence-electron chi connectivity index (χ1n) is 6.77. The van der Waals surface area contributed by atoms with Crippen LogP contribution in [0.4, 0.5) is 11.4 Å². The molecule has 17 heavy (non-hydrogen) atoms. The van der Waals surface area contributed by atoms with Gasteiger partial charge < -0.3 is 9.80 Å². The van der Waals surface area contributed by atoms with Gasteiger partial charge in [-0.25, -0.2) is 0 Å². The van der Waals surface area contributed by atoms with E-state index < -0.39 is 0 Å². The fourth-order valence-electron chi connectivity index (χ4n) is 2.29. The minimum atomic E-state index is 1.07. The zero-order valence-corrected chi connectivity index (χ0v) is 12.0. The summed E-state index contributed by atoms with van der Waals surface area (Å²) in [6.07, 6.45) is 0. The topological polar surface area (TPSA) is 6.48 Å². The van der Waals surface area contributed by atoms with Gasteiger partial charge in [0.25, 0.3) is 0 Å². The number of hydrogen-bond acceptors (Lipinski definition) is 2. The number of hydrogen-bond donors (Lipinski definition) is 0. The molecule has 0 aliphatic heterocycles. The molecule has 0 N–H and O–H groups in total. The number of rotatable bonds is 6. The minimum Gasteiger partial charge on any atom is -0.372 e. The van der Waals surface area contributed by atoms with E-state index >= 15 is 0 Å². The minimum absolute atomic E-state index is 1.07. The van der Waals surface area contributed by atoms with Crippen molar-refractivity contribution in [1.29, 1.82) is 0 Å². The predicted octanol–water partition coefficient (Wildman–Crippen LogP) is 3.69. The van der Waals surface area contributed by atoms with Gasteiger partial charge in [0.1, 0.15) is 0 Å². The van der Waals surface area contributed by atoms with Gasteiger partial charge in [0.05, 0.1) is 0 Å². The second-order valence-electron chi connectivity index (χ2n) is 4.37. The Kier molecular flexibility index (Phi) is 5.33. The molecule has 0 aliphatic carbocycles. The lowest BCUT2D eigenvalue weighted by molar-refractivity contribution is 0.850. The standard InChI is InChI=1S/C15H26N2/c1-6-16(7-2)14-10-13(5)11-15(12-14)17(8-3)9-4/h10-12H,6-9H2,1-5H3. The van der Waals surface area contributed by atoms with Crippen LogP contribution in [0.5, 0.6) is 0 Å². The molecule has 96 valence electrons. The van der Waals surface area contributed by atoms with Crippen LogP contribution in [0.3, 0.4) is 0 Å². The Morgan fingerprint density at radius 2 is 1.06 bits per heavy atom. The third kappa shape index (κ3) is 3.39. The van der Waals surface area contributed by atoms with Crippen molar-refractivity contribution in [2.24, 2.45) is 0 Å². The van der Waals surface area contributed by atoms with Gasteiger partial charge in [-0.15, -0.1) is 0 Å². The molecule has 0 fully saturated rings. The molecule has 0 aliphatic rings. The van der Waals surface area contributed by atoms with E-state index in [1.807, 2.05) is 0 Å². The van der Waals surface area contributed by atoms with Crippen LogP contribution in [0.25, 0.3) is 0 Å². The van der Waals surface area contributed by atoms with E-state index in [1.165, 1.54) is 16.9 Å². The van der Waals surface area contributed by atoms with Crippen molar-refractivity contribution in [3.63, 3.8) is 0 Å². The number of benzene rings is 1. The molecule has 0 aromatic heterocycles. The summed E-state index contributed by atoms with van der Waals surface area (Å²) in [5.74, 6) is 0. The van der Waals surface area contributed by atoms with Crippen LogP contribution in [0.15, 0.2) is 18.2 Å². The molecule has 1 aromatic carbocycles. The molecule has 0 amide bonds. The van der Waals surface area contributed by atoms with Gasteiger partial charge in [-0.2, -0.15) is 0 Å². The summed E-state index contributed by atoms with van der Waals surface area (Å²) >= 11 is 0.